The van der Waals surface area contributed by atoms with Crippen LogP contribution in [0.15, 0.2) is 12.7 Å². The van der Waals surface area contributed by atoms with Gasteiger partial charge >= 0.3 is 0 Å². The number of hydrogen-bond donors (Lipinski definition) is 1. The molecular formula is C21H44O5Si2. The first-order valence-electron chi connectivity index (χ1n) is 10.3. The molecule has 0 amide bonds. The van der Waals surface area contributed by atoms with Gasteiger partial charge in [-0.25, -0.2) is 0 Å². The predicted molar refractivity (Wildman–Crippen MR) is 121 cm³/mol. The van der Waals surface area contributed by atoms with E-state index >= 15 is 0 Å². The highest BCUT2D eigenvalue weighted by Gasteiger charge is 2.59. The summed E-state index contributed by atoms with van der Waals surface area (Å²) >= 11 is 0. The third-order valence-corrected chi connectivity index (χ3v) is 15.8. The molecule has 1 aliphatic heterocycles. The van der Waals surface area contributed by atoms with Gasteiger partial charge in [0.05, 0.1) is 6.61 Å². The number of hydrogen-bond acceptors (Lipinski definition) is 5. The minimum Gasteiger partial charge on any atom is -0.414 e. The van der Waals surface area contributed by atoms with Crippen molar-refractivity contribution in [3.05, 3.63) is 12.7 Å². The molecule has 1 rings (SSSR count). The van der Waals surface area contributed by atoms with E-state index < -0.39 is 40.7 Å². The van der Waals surface area contributed by atoms with Crippen molar-refractivity contribution >= 4 is 16.6 Å². The SMILES string of the molecule is C=CC[C@]1(O)C(OC)O[C@H](CO[Si](C)(C)C(C)(C)C)[C@H]1O[Si](C)(C)C(C)(C)C. The molecule has 0 aromatic rings. The van der Waals surface area contributed by atoms with Gasteiger partial charge in [0, 0.05) is 13.5 Å². The maximum atomic E-state index is 11.5. The normalized spacial score (nSPS) is 29.9. The average Bonchev–Trinajstić information content (AvgIpc) is 2.75. The van der Waals surface area contributed by atoms with Crippen LogP contribution in [-0.2, 0) is 18.3 Å². The largest absolute Gasteiger partial charge is 0.414 e. The maximum Gasteiger partial charge on any atom is 0.192 e. The number of aliphatic hydroxyl groups is 1. The van der Waals surface area contributed by atoms with E-state index in [0.29, 0.717) is 13.0 Å². The molecule has 1 unspecified atom stereocenters. The van der Waals surface area contributed by atoms with E-state index in [9.17, 15) is 5.11 Å². The average molecular weight is 433 g/mol. The van der Waals surface area contributed by atoms with E-state index in [1.807, 2.05) is 0 Å². The maximum absolute atomic E-state index is 11.5. The molecule has 0 bridgehead atoms. The highest BCUT2D eigenvalue weighted by atomic mass is 28.4. The van der Waals surface area contributed by atoms with Gasteiger partial charge in [-0.05, 0) is 36.3 Å². The van der Waals surface area contributed by atoms with Crippen molar-refractivity contribution in [2.45, 2.75) is 108 Å². The summed E-state index contributed by atoms with van der Waals surface area (Å²) in [6.45, 7) is 26.2. The predicted octanol–water partition coefficient (Wildman–Crippen LogP) is 5.08. The van der Waals surface area contributed by atoms with Crippen LogP contribution in [0, 0.1) is 0 Å². The zero-order chi connectivity index (χ0) is 22.2. The van der Waals surface area contributed by atoms with E-state index in [1.165, 1.54) is 0 Å². The summed E-state index contributed by atoms with van der Waals surface area (Å²) in [5.41, 5.74) is -1.28. The lowest BCUT2D eigenvalue weighted by Gasteiger charge is -2.43. The molecule has 0 aliphatic carbocycles. The van der Waals surface area contributed by atoms with Crippen LogP contribution >= 0.6 is 0 Å². The van der Waals surface area contributed by atoms with E-state index in [4.69, 9.17) is 18.3 Å². The smallest absolute Gasteiger partial charge is 0.192 e. The lowest BCUT2D eigenvalue weighted by molar-refractivity contribution is -0.191. The minimum absolute atomic E-state index is 0.0120. The Balaban J connectivity index is 3.20. The van der Waals surface area contributed by atoms with Gasteiger partial charge in [-0.3, -0.25) is 0 Å². The monoisotopic (exact) mass is 432 g/mol. The summed E-state index contributed by atoms with van der Waals surface area (Å²) in [4.78, 5) is 0. The van der Waals surface area contributed by atoms with E-state index in [0.717, 1.165) is 0 Å². The molecule has 7 heteroatoms. The Hall–Kier alpha value is -0.0262. The molecule has 0 radical (unpaired) electrons. The van der Waals surface area contributed by atoms with Crippen LogP contribution in [0.4, 0.5) is 0 Å². The Bertz CT molecular complexity index is 536. The number of methoxy groups -OCH3 is 1. The van der Waals surface area contributed by atoms with Gasteiger partial charge in [0.25, 0.3) is 0 Å². The van der Waals surface area contributed by atoms with E-state index in [-0.39, 0.29) is 10.1 Å². The molecule has 0 spiro atoms. The lowest BCUT2D eigenvalue weighted by atomic mass is 9.91. The van der Waals surface area contributed by atoms with Crippen LogP contribution in [0.3, 0.4) is 0 Å². The summed E-state index contributed by atoms with van der Waals surface area (Å²) in [6.07, 6.45) is 0.350. The minimum atomic E-state index is -2.16. The molecule has 1 fully saturated rings. The molecule has 5 nitrogen and oxygen atoms in total. The van der Waals surface area contributed by atoms with Crippen molar-refractivity contribution < 1.29 is 23.4 Å². The second-order valence-electron chi connectivity index (χ2n) is 11.1. The van der Waals surface area contributed by atoms with Crippen molar-refractivity contribution in [2.75, 3.05) is 13.7 Å². The van der Waals surface area contributed by atoms with Gasteiger partial charge in [-0.1, -0.05) is 47.6 Å². The zero-order valence-electron chi connectivity index (χ0n) is 20.0. The molecule has 0 aromatic heterocycles. The summed E-state index contributed by atoms with van der Waals surface area (Å²) in [6, 6.07) is 0. The first kappa shape index (κ1) is 26.0. The van der Waals surface area contributed by atoms with Crippen molar-refractivity contribution in [3.8, 4) is 0 Å². The van der Waals surface area contributed by atoms with Gasteiger partial charge in [0.1, 0.15) is 17.8 Å². The fourth-order valence-corrected chi connectivity index (χ4v) is 5.17. The molecule has 4 atom stereocenters. The molecular weight excluding hydrogens is 388 g/mol. The van der Waals surface area contributed by atoms with Crippen LogP contribution < -0.4 is 0 Å². The molecule has 1 aliphatic rings. The Morgan fingerprint density at radius 3 is 1.93 bits per heavy atom. The van der Waals surface area contributed by atoms with Gasteiger partial charge in [-0.2, -0.15) is 0 Å². The van der Waals surface area contributed by atoms with Crippen molar-refractivity contribution in [1.29, 1.82) is 0 Å². The van der Waals surface area contributed by atoms with Crippen LogP contribution in [0.1, 0.15) is 48.0 Å². The van der Waals surface area contributed by atoms with Gasteiger partial charge in [0.2, 0.25) is 0 Å². The van der Waals surface area contributed by atoms with Crippen LogP contribution in [-0.4, -0.2) is 59.6 Å². The first-order valence-corrected chi connectivity index (χ1v) is 16.1. The standard InChI is InChI=1S/C21H44O5Si2/c1-13-14-21(22)17(26-28(11,12)20(5,6)7)16(25-18(21)23-8)15-24-27(9,10)19(2,3)4/h13,16-18,22H,1,14-15H2,2-12H3/t16-,17-,18?,21-/m1/s1. The molecule has 166 valence electrons. The molecule has 0 aromatic carbocycles. The highest BCUT2D eigenvalue weighted by molar-refractivity contribution is 6.74. The third kappa shape index (κ3) is 5.36. The Morgan fingerprint density at radius 1 is 1.04 bits per heavy atom. The van der Waals surface area contributed by atoms with Gasteiger partial charge in [0.15, 0.2) is 22.9 Å². The van der Waals surface area contributed by atoms with E-state index in [2.05, 4.69) is 74.3 Å². The summed E-state index contributed by atoms with van der Waals surface area (Å²) < 4.78 is 24.8. The summed E-state index contributed by atoms with van der Waals surface area (Å²) in [7, 11) is -2.56. The van der Waals surface area contributed by atoms with E-state index in [1.54, 1.807) is 13.2 Å². The lowest BCUT2D eigenvalue weighted by Crippen LogP contribution is -2.56. The van der Waals surface area contributed by atoms with Crippen molar-refractivity contribution in [2.24, 2.45) is 0 Å². The second kappa shape index (κ2) is 8.61. The molecule has 1 heterocycles. The van der Waals surface area contributed by atoms with Crippen LogP contribution in [0.25, 0.3) is 0 Å². The fourth-order valence-electron chi connectivity index (χ4n) is 2.81. The van der Waals surface area contributed by atoms with Gasteiger partial charge in [-0.15, -0.1) is 6.58 Å². The molecule has 28 heavy (non-hydrogen) atoms. The van der Waals surface area contributed by atoms with Gasteiger partial charge < -0.3 is 23.4 Å². The Labute approximate surface area is 175 Å². The molecule has 0 saturated carbocycles. The van der Waals surface area contributed by atoms with Crippen LogP contribution in [0.2, 0.25) is 36.3 Å². The molecule has 1 N–H and O–H groups in total. The fraction of sp³-hybridized carbons (Fsp3) is 0.905. The highest BCUT2D eigenvalue weighted by Crippen LogP contribution is 2.44. The number of rotatable bonds is 8. The Morgan fingerprint density at radius 2 is 1.54 bits per heavy atom. The second-order valence-corrected chi connectivity index (χ2v) is 20.7. The first-order chi connectivity index (χ1) is 12.4. The third-order valence-electron chi connectivity index (χ3n) is 6.86. The Kier molecular flexibility index (Phi) is 8.00. The molecule has 1 saturated heterocycles. The zero-order valence-corrected chi connectivity index (χ0v) is 22.0. The quantitative estimate of drug-likeness (QED) is 0.428. The topological polar surface area (TPSA) is 57.2 Å². The summed E-state index contributed by atoms with van der Waals surface area (Å²) in [5, 5.41) is 11.6. The summed E-state index contributed by atoms with van der Waals surface area (Å²) in [5.74, 6) is 0. The number of ether oxygens (including phenoxy) is 2. The van der Waals surface area contributed by atoms with Crippen molar-refractivity contribution in [1.82, 2.24) is 0 Å². The van der Waals surface area contributed by atoms with Crippen molar-refractivity contribution in [3.63, 3.8) is 0 Å². The van der Waals surface area contributed by atoms with Crippen LogP contribution in [0.5, 0.6) is 0 Å².